The average molecular weight is 395 g/mol. The van der Waals surface area contributed by atoms with E-state index in [-0.39, 0.29) is 23.3 Å². The molecule has 0 amide bonds. The van der Waals surface area contributed by atoms with E-state index in [4.69, 9.17) is 11.6 Å². The molecule has 138 valence electrons. The van der Waals surface area contributed by atoms with Crippen LogP contribution in [0.1, 0.15) is 45.1 Å². The zero-order chi connectivity index (χ0) is 16.9. The monoisotopic (exact) mass is 394 g/mol. The Kier molecular flexibility index (Phi) is 9.02. The maximum atomic E-state index is 13.2. The number of hydrogen-bond donors (Lipinski definition) is 1. The Morgan fingerprint density at radius 1 is 1.21 bits per heavy atom. The fourth-order valence-electron chi connectivity index (χ4n) is 3.13. The summed E-state index contributed by atoms with van der Waals surface area (Å²) in [4.78, 5) is 0.261. The molecule has 1 aromatic rings. The molecule has 0 aliphatic carbocycles. The first-order valence-corrected chi connectivity index (χ1v) is 10.3. The van der Waals surface area contributed by atoms with Crippen LogP contribution in [0.3, 0.4) is 0 Å². The van der Waals surface area contributed by atoms with Gasteiger partial charge in [-0.3, -0.25) is 0 Å². The van der Waals surface area contributed by atoms with Crippen molar-refractivity contribution in [3.63, 3.8) is 0 Å². The van der Waals surface area contributed by atoms with Gasteiger partial charge in [-0.05, 0) is 56.5 Å². The first kappa shape index (κ1) is 21.7. The van der Waals surface area contributed by atoms with E-state index < -0.39 is 10.0 Å². The number of rotatable bonds is 7. The van der Waals surface area contributed by atoms with E-state index in [9.17, 15) is 8.42 Å². The van der Waals surface area contributed by atoms with Gasteiger partial charge in [0.25, 0.3) is 0 Å². The summed E-state index contributed by atoms with van der Waals surface area (Å²) in [6, 6.07) is 5.45. The molecule has 7 heteroatoms. The molecule has 1 aliphatic rings. The summed E-state index contributed by atoms with van der Waals surface area (Å²) in [6.07, 6.45) is 4.35. The molecule has 0 atom stereocenters. The number of nitrogens with one attached hydrogen (secondary N) is 1. The number of sulfonamides is 1. The van der Waals surface area contributed by atoms with Gasteiger partial charge in [0.05, 0.1) is 5.02 Å². The van der Waals surface area contributed by atoms with Gasteiger partial charge in [-0.1, -0.05) is 37.9 Å². The van der Waals surface area contributed by atoms with Gasteiger partial charge < -0.3 is 5.32 Å². The van der Waals surface area contributed by atoms with Crippen molar-refractivity contribution in [1.29, 1.82) is 0 Å². The topological polar surface area (TPSA) is 49.4 Å². The van der Waals surface area contributed by atoms with Gasteiger partial charge in [0.2, 0.25) is 10.0 Å². The molecule has 0 unspecified atom stereocenters. The van der Waals surface area contributed by atoms with Gasteiger partial charge in [0.1, 0.15) is 4.90 Å². The van der Waals surface area contributed by atoms with E-state index in [0.29, 0.717) is 11.6 Å². The van der Waals surface area contributed by atoms with Crippen LogP contribution in [0.2, 0.25) is 5.02 Å². The summed E-state index contributed by atoms with van der Waals surface area (Å²) in [6.45, 7) is 6.37. The predicted molar refractivity (Wildman–Crippen MR) is 103 cm³/mol. The van der Waals surface area contributed by atoms with Gasteiger partial charge in [-0.15, -0.1) is 12.4 Å². The summed E-state index contributed by atoms with van der Waals surface area (Å²) in [5.41, 5.74) is 1.03. The summed E-state index contributed by atoms with van der Waals surface area (Å²) in [5.74, 6) is 0. The van der Waals surface area contributed by atoms with Crippen LogP contribution in [0.25, 0.3) is 0 Å². The Morgan fingerprint density at radius 2 is 1.88 bits per heavy atom. The van der Waals surface area contributed by atoms with E-state index in [1.807, 2.05) is 13.0 Å². The molecule has 1 aromatic carbocycles. The Labute approximate surface area is 157 Å². The molecule has 1 heterocycles. The maximum absolute atomic E-state index is 13.2. The van der Waals surface area contributed by atoms with Crippen molar-refractivity contribution in [2.24, 2.45) is 0 Å². The Morgan fingerprint density at radius 3 is 2.46 bits per heavy atom. The maximum Gasteiger partial charge on any atom is 0.244 e. The summed E-state index contributed by atoms with van der Waals surface area (Å²) in [7, 11) is -3.56. The fourth-order valence-corrected chi connectivity index (χ4v) is 5.43. The van der Waals surface area contributed by atoms with Crippen molar-refractivity contribution in [1.82, 2.24) is 9.62 Å². The standard InChI is InChI=1S/C17H27ClN2O2S.ClH/c1-3-5-14-6-7-16(18)17(13-14)23(21,22)20(12-4-2)15-8-10-19-11-9-15;/h6-7,13,15,19H,3-5,8-12H2,1-2H3;1H. The molecule has 0 bridgehead atoms. The molecule has 1 saturated heterocycles. The van der Waals surface area contributed by atoms with Gasteiger partial charge in [-0.25, -0.2) is 8.42 Å². The lowest BCUT2D eigenvalue weighted by atomic mass is 10.1. The molecule has 0 spiro atoms. The minimum Gasteiger partial charge on any atom is -0.317 e. The third-order valence-corrected chi connectivity index (χ3v) is 6.71. The van der Waals surface area contributed by atoms with Crippen molar-refractivity contribution in [3.8, 4) is 0 Å². The van der Waals surface area contributed by atoms with E-state index in [2.05, 4.69) is 12.2 Å². The predicted octanol–water partition coefficient (Wildman–Crippen LogP) is 3.87. The number of piperidine rings is 1. The third-order valence-electron chi connectivity index (χ3n) is 4.28. The second kappa shape index (κ2) is 9.97. The van der Waals surface area contributed by atoms with Gasteiger partial charge in [0.15, 0.2) is 0 Å². The Balaban J connectivity index is 0.00000288. The molecule has 2 rings (SSSR count). The Hall–Kier alpha value is -0.330. The summed E-state index contributed by atoms with van der Waals surface area (Å²) < 4.78 is 28.1. The van der Waals surface area contributed by atoms with Gasteiger partial charge in [-0.2, -0.15) is 4.31 Å². The zero-order valence-electron chi connectivity index (χ0n) is 14.4. The minimum atomic E-state index is -3.56. The zero-order valence-corrected chi connectivity index (χ0v) is 16.8. The molecule has 1 aliphatic heterocycles. The lowest BCUT2D eigenvalue weighted by Crippen LogP contribution is -2.46. The number of benzene rings is 1. The first-order chi connectivity index (χ1) is 11.0. The molecule has 1 fully saturated rings. The average Bonchev–Trinajstić information content (AvgIpc) is 2.55. The van der Waals surface area contributed by atoms with E-state index in [1.165, 1.54) is 0 Å². The SMILES string of the molecule is CCCc1ccc(Cl)c(S(=O)(=O)N(CCC)C2CCNCC2)c1.Cl. The molecule has 0 radical (unpaired) electrons. The molecule has 24 heavy (non-hydrogen) atoms. The van der Waals surface area contributed by atoms with E-state index >= 15 is 0 Å². The van der Waals surface area contributed by atoms with Crippen molar-refractivity contribution >= 4 is 34.0 Å². The summed E-state index contributed by atoms with van der Waals surface area (Å²) >= 11 is 6.25. The van der Waals surface area contributed by atoms with Crippen molar-refractivity contribution in [3.05, 3.63) is 28.8 Å². The van der Waals surface area contributed by atoms with Crippen molar-refractivity contribution in [2.75, 3.05) is 19.6 Å². The van der Waals surface area contributed by atoms with Crippen LogP contribution in [-0.2, 0) is 16.4 Å². The molecule has 0 aromatic heterocycles. The van der Waals surface area contributed by atoms with Crippen LogP contribution >= 0.6 is 24.0 Å². The lowest BCUT2D eigenvalue weighted by molar-refractivity contribution is 0.262. The van der Waals surface area contributed by atoms with Crippen molar-refractivity contribution < 1.29 is 8.42 Å². The number of nitrogens with zero attached hydrogens (tertiary/aromatic N) is 1. The number of hydrogen-bond acceptors (Lipinski definition) is 3. The summed E-state index contributed by atoms with van der Waals surface area (Å²) in [5, 5.41) is 3.61. The van der Waals surface area contributed by atoms with Crippen LogP contribution in [0, 0.1) is 0 Å². The van der Waals surface area contributed by atoms with Crippen LogP contribution in [0.15, 0.2) is 23.1 Å². The highest BCUT2D eigenvalue weighted by Gasteiger charge is 2.33. The first-order valence-electron chi connectivity index (χ1n) is 8.51. The lowest BCUT2D eigenvalue weighted by Gasteiger charge is -2.33. The van der Waals surface area contributed by atoms with E-state index in [0.717, 1.165) is 50.8 Å². The number of aryl methyl sites for hydroxylation is 1. The minimum absolute atomic E-state index is 0. The molecular weight excluding hydrogens is 367 g/mol. The van der Waals surface area contributed by atoms with E-state index in [1.54, 1.807) is 16.4 Å². The third kappa shape index (κ3) is 5.09. The van der Waals surface area contributed by atoms with Crippen molar-refractivity contribution in [2.45, 2.75) is 56.9 Å². The Bertz CT molecular complexity index is 617. The smallest absolute Gasteiger partial charge is 0.244 e. The molecule has 4 nitrogen and oxygen atoms in total. The van der Waals surface area contributed by atoms with Crippen LogP contribution < -0.4 is 5.32 Å². The highest BCUT2D eigenvalue weighted by atomic mass is 35.5. The highest BCUT2D eigenvalue weighted by molar-refractivity contribution is 7.89. The van der Waals surface area contributed by atoms with Crippen LogP contribution in [0.5, 0.6) is 0 Å². The molecule has 0 saturated carbocycles. The normalized spacial score (nSPS) is 16.2. The largest absolute Gasteiger partial charge is 0.317 e. The second-order valence-corrected chi connectivity index (χ2v) is 8.38. The van der Waals surface area contributed by atoms with Crippen LogP contribution in [0.4, 0.5) is 0 Å². The highest BCUT2D eigenvalue weighted by Crippen LogP contribution is 2.29. The molecule has 1 N–H and O–H groups in total. The quantitative estimate of drug-likeness (QED) is 0.763. The van der Waals surface area contributed by atoms with Gasteiger partial charge >= 0.3 is 0 Å². The van der Waals surface area contributed by atoms with Crippen LogP contribution in [-0.4, -0.2) is 38.4 Å². The molecular formula is C17H28Cl2N2O2S. The number of halogens is 2. The van der Waals surface area contributed by atoms with Gasteiger partial charge in [0, 0.05) is 12.6 Å². The second-order valence-electron chi connectivity index (χ2n) is 6.11. The fraction of sp³-hybridized carbons (Fsp3) is 0.647.